The molecule has 21 heavy (non-hydrogen) atoms. The Balaban J connectivity index is 1.35. The average molecular weight is 290 g/mol. The third-order valence-electron chi connectivity index (χ3n) is 5.86. The van der Waals surface area contributed by atoms with E-state index < -0.39 is 0 Å². The molecule has 0 aromatic rings. The van der Waals surface area contributed by atoms with Gasteiger partial charge in [0.05, 0.1) is 5.92 Å². The molecule has 116 valence electrons. The molecule has 3 saturated carbocycles. The number of hydrogen-bond acceptors (Lipinski definition) is 2. The Kier molecular flexibility index (Phi) is 3.43. The molecule has 1 heterocycles. The van der Waals surface area contributed by atoms with Gasteiger partial charge in [0, 0.05) is 25.0 Å². The summed E-state index contributed by atoms with van der Waals surface area (Å²) in [6.07, 6.45) is 10.3. The van der Waals surface area contributed by atoms with Gasteiger partial charge in [-0.05, 0) is 50.4 Å². The molecule has 4 fully saturated rings. The van der Waals surface area contributed by atoms with Gasteiger partial charge in [-0.25, -0.2) is 0 Å². The van der Waals surface area contributed by atoms with Gasteiger partial charge < -0.3 is 10.2 Å². The van der Waals surface area contributed by atoms with Crippen LogP contribution < -0.4 is 5.32 Å². The SMILES string of the molecule is O=C(NC(C1CC1)C1CC1)[C@@H]1CC(=O)N(C2CCCC2)C1. The van der Waals surface area contributed by atoms with E-state index in [1.165, 1.54) is 38.5 Å². The second kappa shape index (κ2) is 5.29. The van der Waals surface area contributed by atoms with E-state index >= 15 is 0 Å². The lowest BCUT2D eigenvalue weighted by atomic mass is 10.0. The Labute approximate surface area is 126 Å². The molecule has 4 aliphatic rings. The van der Waals surface area contributed by atoms with Gasteiger partial charge in [0.25, 0.3) is 0 Å². The lowest BCUT2D eigenvalue weighted by Crippen LogP contribution is -2.42. The summed E-state index contributed by atoms with van der Waals surface area (Å²) in [5.41, 5.74) is 0. The summed E-state index contributed by atoms with van der Waals surface area (Å²) in [5, 5.41) is 3.30. The Morgan fingerprint density at radius 1 is 1.05 bits per heavy atom. The molecular formula is C17H26N2O2. The highest BCUT2D eigenvalue weighted by molar-refractivity contribution is 5.89. The first kappa shape index (κ1) is 13.6. The van der Waals surface area contributed by atoms with E-state index in [4.69, 9.17) is 0 Å². The molecule has 1 N–H and O–H groups in total. The van der Waals surface area contributed by atoms with E-state index in [1.807, 2.05) is 4.90 Å². The van der Waals surface area contributed by atoms with Crippen molar-refractivity contribution < 1.29 is 9.59 Å². The Morgan fingerprint density at radius 3 is 2.24 bits per heavy atom. The third kappa shape index (κ3) is 2.82. The van der Waals surface area contributed by atoms with Crippen LogP contribution in [0, 0.1) is 17.8 Å². The van der Waals surface area contributed by atoms with Crippen LogP contribution in [0.25, 0.3) is 0 Å². The highest BCUT2D eigenvalue weighted by Crippen LogP contribution is 2.44. The quantitative estimate of drug-likeness (QED) is 0.843. The van der Waals surface area contributed by atoms with E-state index in [0.717, 1.165) is 24.7 Å². The Morgan fingerprint density at radius 2 is 1.67 bits per heavy atom. The first-order valence-electron chi connectivity index (χ1n) is 8.82. The zero-order chi connectivity index (χ0) is 14.4. The van der Waals surface area contributed by atoms with Crippen molar-refractivity contribution in [2.24, 2.45) is 17.8 Å². The molecule has 0 aromatic heterocycles. The van der Waals surface area contributed by atoms with Gasteiger partial charge in [0.1, 0.15) is 0 Å². The highest BCUT2D eigenvalue weighted by atomic mass is 16.2. The van der Waals surface area contributed by atoms with Crippen LogP contribution in [0.5, 0.6) is 0 Å². The Hall–Kier alpha value is -1.06. The van der Waals surface area contributed by atoms with Gasteiger partial charge in [0.2, 0.25) is 11.8 Å². The first-order chi connectivity index (χ1) is 10.2. The second-order valence-electron chi connectivity index (χ2n) is 7.59. The van der Waals surface area contributed by atoms with Gasteiger partial charge in [-0.2, -0.15) is 0 Å². The molecule has 3 aliphatic carbocycles. The second-order valence-corrected chi connectivity index (χ2v) is 7.59. The summed E-state index contributed by atoms with van der Waals surface area (Å²) in [7, 11) is 0. The van der Waals surface area contributed by atoms with Crippen molar-refractivity contribution in [1.82, 2.24) is 10.2 Å². The van der Waals surface area contributed by atoms with Gasteiger partial charge in [-0.1, -0.05) is 12.8 Å². The van der Waals surface area contributed by atoms with Gasteiger partial charge >= 0.3 is 0 Å². The molecule has 0 radical (unpaired) electrons. The summed E-state index contributed by atoms with van der Waals surface area (Å²) in [6.45, 7) is 0.664. The van der Waals surface area contributed by atoms with Gasteiger partial charge in [0.15, 0.2) is 0 Å². The number of carbonyl (C=O) groups excluding carboxylic acids is 2. The largest absolute Gasteiger partial charge is 0.353 e. The molecule has 1 aliphatic heterocycles. The predicted octanol–water partition coefficient (Wildman–Crippen LogP) is 2.08. The number of likely N-dealkylation sites (tertiary alicyclic amines) is 1. The van der Waals surface area contributed by atoms with Crippen LogP contribution in [-0.4, -0.2) is 35.3 Å². The van der Waals surface area contributed by atoms with Crippen molar-refractivity contribution in [3.63, 3.8) is 0 Å². The topological polar surface area (TPSA) is 49.4 Å². The van der Waals surface area contributed by atoms with Crippen molar-refractivity contribution in [2.45, 2.75) is 69.9 Å². The minimum absolute atomic E-state index is 0.0990. The fraction of sp³-hybridized carbons (Fsp3) is 0.882. The lowest BCUT2D eigenvalue weighted by Gasteiger charge is -2.24. The average Bonchev–Trinajstić information content (AvgIpc) is 3.39. The van der Waals surface area contributed by atoms with Crippen LogP contribution in [0.2, 0.25) is 0 Å². The monoisotopic (exact) mass is 290 g/mol. The number of carbonyl (C=O) groups is 2. The van der Waals surface area contributed by atoms with Crippen molar-refractivity contribution >= 4 is 11.8 Å². The summed E-state index contributed by atoms with van der Waals surface area (Å²) >= 11 is 0. The molecule has 0 bridgehead atoms. The fourth-order valence-electron chi connectivity index (χ4n) is 4.29. The minimum atomic E-state index is -0.0990. The summed E-state index contributed by atoms with van der Waals surface area (Å²) < 4.78 is 0. The molecule has 0 aromatic carbocycles. The predicted molar refractivity (Wildman–Crippen MR) is 79.5 cm³/mol. The smallest absolute Gasteiger partial charge is 0.225 e. The van der Waals surface area contributed by atoms with E-state index in [9.17, 15) is 9.59 Å². The molecule has 2 amide bonds. The maximum absolute atomic E-state index is 12.5. The van der Waals surface area contributed by atoms with Crippen LogP contribution in [0.3, 0.4) is 0 Å². The van der Waals surface area contributed by atoms with E-state index in [2.05, 4.69) is 5.32 Å². The first-order valence-corrected chi connectivity index (χ1v) is 8.82. The molecule has 1 saturated heterocycles. The number of nitrogens with one attached hydrogen (secondary N) is 1. The van der Waals surface area contributed by atoms with Crippen LogP contribution in [0.15, 0.2) is 0 Å². The minimum Gasteiger partial charge on any atom is -0.353 e. The fourth-order valence-corrected chi connectivity index (χ4v) is 4.29. The normalized spacial score (nSPS) is 30.4. The summed E-state index contributed by atoms with van der Waals surface area (Å²) in [5.74, 6) is 1.70. The molecule has 4 heteroatoms. The van der Waals surface area contributed by atoms with Crippen molar-refractivity contribution in [2.75, 3.05) is 6.54 Å². The van der Waals surface area contributed by atoms with E-state index in [0.29, 0.717) is 25.0 Å². The molecular weight excluding hydrogens is 264 g/mol. The van der Waals surface area contributed by atoms with E-state index in [-0.39, 0.29) is 17.7 Å². The van der Waals surface area contributed by atoms with Crippen LogP contribution in [0.1, 0.15) is 57.8 Å². The zero-order valence-corrected chi connectivity index (χ0v) is 12.7. The van der Waals surface area contributed by atoms with Crippen LogP contribution in [-0.2, 0) is 9.59 Å². The van der Waals surface area contributed by atoms with Crippen molar-refractivity contribution in [3.05, 3.63) is 0 Å². The molecule has 4 nitrogen and oxygen atoms in total. The highest BCUT2D eigenvalue weighted by Gasteiger charge is 2.44. The van der Waals surface area contributed by atoms with Crippen LogP contribution >= 0.6 is 0 Å². The van der Waals surface area contributed by atoms with Crippen molar-refractivity contribution in [1.29, 1.82) is 0 Å². The third-order valence-corrected chi connectivity index (χ3v) is 5.86. The van der Waals surface area contributed by atoms with Gasteiger partial charge in [-0.3, -0.25) is 9.59 Å². The molecule has 4 rings (SSSR count). The maximum atomic E-state index is 12.5. The number of rotatable bonds is 5. The molecule has 0 spiro atoms. The lowest BCUT2D eigenvalue weighted by molar-refractivity contribution is -0.130. The van der Waals surface area contributed by atoms with Crippen LogP contribution in [0.4, 0.5) is 0 Å². The summed E-state index contributed by atoms with van der Waals surface area (Å²) in [4.78, 5) is 26.7. The number of amides is 2. The molecule has 1 atom stereocenters. The zero-order valence-electron chi connectivity index (χ0n) is 12.7. The maximum Gasteiger partial charge on any atom is 0.225 e. The Bertz CT molecular complexity index is 424. The molecule has 0 unspecified atom stereocenters. The standard InChI is InChI=1S/C17H26N2O2/c20-15-9-13(10-19(15)14-3-1-2-4-14)17(21)18-16(11-5-6-11)12-7-8-12/h11-14,16H,1-10H2,(H,18,21)/t13-/m1/s1. The van der Waals surface area contributed by atoms with Gasteiger partial charge in [-0.15, -0.1) is 0 Å². The van der Waals surface area contributed by atoms with E-state index in [1.54, 1.807) is 0 Å². The number of hydrogen-bond donors (Lipinski definition) is 1. The summed E-state index contributed by atoms with van der Waals surface area (Å²) in [6, 6.07) is 0.825. The van der Waals surface area contributed by atoms with Crippen molar-refractivity contribution in [3.8, 4) is 0 Å². The number of nitrogens with zero attached hydrogens (tertiary/aromatic N) is 1.